The van der Waals surface area contributed by atoms with Crippen LogP contribution < -0.4 is 0 Å². The van der Waals surface area contributed by atoms with Crippen LogP contribution in [0.3, 0.4) is 0 Å². The third-order valence-corrected chi connectivity index (χ3v) is 6.26. The fraction of sp³-hybridized carbons (Fsp3) is 0.706. The molecule has 0 saturated carbocycles. The topological polar surface area (TPSA) is 23.6 Å². The molecular formula is C17H25ClN2OS. The second kappa shape index (κ2) is 7.33. The van der Waals surface area contributed by atoms with E-state index >= 15 is 0 Å². The molecule has 3 heterocycles. The Balaban J connectivity index is 1.46. The van der Waals surface area contributed by atoms with E-state index in [9.17, 15) is 4.79 Å². The van der Waals surface area contributed by atoms with E-state index in [0.717, 1.165) is 55.8 Å². The van der Waals surface area contributed by atoms with Crippen LogP contribution in [-0.4, -0.2) is 41.9 Å². The van der Waals surface area contributed by atoms with Crippen LogP contribution in [0.5, 0.6) is 0 Å². The molecule has 0 radical (unpaired) electrons. The fourth-order valence-electron chi connectivity index (χ4n) is 3.48. The highest BCUT2D eigenvalue weighted by Gasteiger charge is 2.30. The van der Waals surface area contributed by atoms with Crippen molar-refractivity contribution in [2.45, 2.75) is 39.2 Å². The maximum atomic E-state index is 12.6. The Kier molecular flexibility index (Phi) is 5.42. The molecule has 3 rings (SSSR count). The van der Waals surface area contributed by atoms with Crippen molar-refractivity contribution >= 4 is 28.8 Å². The van der Waals surface area contributed by atoms with Crippen molar-refractivity contribution in [1.29, 1.82) is 0 Å². The summed E-state index contributed by atoms with van der Waals surface area (Å²) in [6.45, 7) is 7.24. The number of hydrogen-bond acceptors (Lipinski definition) is 3. The Morgan fingerprint density at radius 3 is 2.45 bits per heavy atom. The Hall–Kier alpha value is -0.580. The average Bonchev–Trinajstić information content (AvgIpc) is 2.93. The molecule has 1 aromatic heterocycles. The minimum absolute atomic E-state index is 0.247. The first-order chi connectivity index (χ1) is 10.6. The predicted octanol–water partition coefficient (Wildman–Crippen LogP) is 3.87. The van der Waals surface area contributed by atoms with E-state index in [-0.39, 0.29) is 5.92 Å². The lowest BCUT2D eigenvalue weighted by molar-refractivity contribution is -0.138. The highest BCUT2D eigenvalue weighted by atomic mass is 35.5. The molecule has 0 bridgehead atoms. The second-order valence-corrected chi connectivity index (χ2v) is 8.56. The Bertz CT molecular complexity index is 503. The van der Waals surface area contributed by atoms with Crippen LogP contribution in [-0.2, 0) is 11.3 Å². The van der Waals surface area contributed by atoms with E-state index in [0.29, 0.717) is 5.91 Å². The summed E-state index contributed by atoms with van der Waals surface area (Å²) in [5.74, 6) is 1.44. The van der Waals surface area contributed by atoms with Crippen LogP contribution in [0.25, 0.3) is 0 Å². The summed E-state index contributed by atoms with van der Waals surface area (Å²) in [6.07, 6.45) is 4.35. The highest BCUT2D eigenvalue weighted by molar-refractivity contribution is 7.16. The number of hydrogen-bond donors (Lipinski definition) is 0. The van der Waals surface area contributed by atoms with Gasteiger partial charge in [0.15, 0.2) is 0 Å². The SMILES string of the molecule is CC1CCN(C(=O)C2CCN(Cc3ccc(Cl)s3)CC2)CC1. The Morgan fingerprint density at radius 1 is 1.18 bits per heavy atom. The molecule has 22 heavy (non-hydrogen) atoms. The van der Waals surface area contributed by atoms with Gasteiger partial charge >= 0.3 is 0 Å². The summed E-state index contributed by atoms with van der Waals surface area (Å²) in [6, 6.07) is 4.08. The number of rotatable bonds is 3. The Labute approximate surface area is 142 Å². The first kappa shape index (κ1) is 16.3. The van der Waals surface area contributed by atoms with Crippen LogP contribution in [0, 0.1) is 11.8 Å². The maximum Gasteiger partial charge on any atom is 0.225 e. The Morgan fingerprint density at radius 2 is 1.86 bits per heavy atom. The third kappa shape index (κ3) is 4.03. The van der Waals surface area contributed by atoms with Crippen molar-refractivity contribution in [2.75, 3.05) is 26.2 Å². The van der Waals surface area contributed by atoms with Crippen molar-refractivity contribution in [2.24, 2.45) is 11.8 Å². The zero-order valence-electron chi connectivity index (χ0n) is 13.3. The zero-order valence-corrected chi connectivity index (χ0v) is 14.8. The van der Waals surface area contributed by atoms with E-state index in [4.69, 9.17) is 11.6 Å². The van der Waals surface area contributed by atoms with Gasteiger partial charge in [0.1, 0.15) is 0 Å². The highest BCUT2D eigenvalue weighted by Crippen LogP contribution is 2.27. The molecule has 1 aromatic rings. The van der Waals surface area contributed by atoms with Gasteiger partial charge in [-0.2, -0.15) is 0 Å². The summed E-state index contributed by atoms with van der Waals surface area (Å²) in [5, 5.41) is 0. The van der Waals surface area contributed by atoms with Crippen LogP contribution in [0.15, 0.2) is 12.1 Å². The van der Waals surface area contributed by atoms with Crippen molar-refractivity contribution in [3.8, 4) is 0 Å². The van der Waals surface area contributed by atoms with E-state index in [1.54, 1.807) is 11.3 Å². The van der Waals surface area contributed by atoms with Crippen molar-refractivity contribution in [1.82, 2.24) is 9.80 Å². The predicted molar refractivity (Wildman–Crippen MR) is 92.3 cm³/mol. The van der Waals surface area contributed by atoms with Gasteiger partial charge in [-0.05, 0) is 56.8 Å². The molecule has 3 nitrogen and oxygen atoms in total. The number of halogens is 1. The minimum Gasteiger partial charge on any atom is -0.342 e. The van der Waals surface area contributed by atoms with Gasteiger partial charge in [0.25, 0.3) is 0 Å². The van der Waals surface area contributed by atoms with Crippen molar-refractivity contribution in [3.63, 3.8) is 0 Å². The molecule has 2 fully saturated rings. The number of thiophene rings is 1. The van der Waals surface area contributed by atoms with Crippen LogP contribution in [0.2, 0.25) is 4.34 Å². The molecule has 0 atom stereocenters. The molecule has 122 valence electrons. The molecule has 0 spiro atoms. The summed E-state index contributed by atoms with van der Waals surface area (Å²) < 4.78 is 0.861. The first-order valence-electron chi connectivity index (χ1n) is 8.37. The number of amides is 1. The average molecular weight is 341 g/mol. The molecule has 2 aliphatic heterocycles. The summed E-state index contributed by atoms with van der Waals surface area (Å²) >= 11 is 7.65. The summed E-state index contributed by atoms with van der Waals surface area (Å²) in [4.78, 5) is 18.5. The molecule has 1 amide bonds. The van der Waals surface area contributed by atoms with Gasteiger partial charge in [-0.15, -0.1) is 11.3 Å². The van der Waals surface area contributed by atoms with E-state index < -0.39 is 0 Å². The molecule has 0 unspecified atom stereocenters. The van der Waals surface area contributed by atoms with Gasteiger partial charge in [0.05, 0.1) is 4.34 Å². The van der Waals surface area contributed by atoms with E-state index in [1.165, 1.54) is 17.7 Å². The van der Waals surface area contributed by atoms with Gasteiger partial charge in [-0.1, -0.05) is 18.5 Å². The number of nitrogens with zero attached hydrogens (tertiary/aromatic N) is 2. The normalized spacial score (nSPS) is 22.2. The molecule has 2 saturated heterocycles. The van der Waals surface area contributed by atoms with Crippen LogP contribution >= 0.6 is 22.9 Å². The lowest BCUT2D eigenvalue weighted by Crippen LogP contribution is -2.45. The monoisotopic (exact) mass is 340 g/mol. The lowest BCUT2D eigenvalue weighted by Gasteiger charge is -2.36. The molecule has 0 aliphatic carbocycles. The molecule has 0 N–H and O–H groups in total. The number of likely N-dealkylation sites (tertiary alicyclic amines) is 2. The largest absolute Gasteiger partial charge is 0.342 e. The van der Waals surface area contributed by atoms with Crippen molar-refractivity contribution in [3.05, 3.63) is 21.3 Å². The third-order valence-electron chi connectivity index (χ3n) is 5.04. The van der Waals surface area contributed by atoms with Gasteiger partial charge in [-0.3, -0.25) is 9.69 Å². The minimum atomic E-state index is 0.247. The summed E-state index contributed by atoms with van der Waals surface area (Å²) in [5.41, 5.74) is 0. The fourth-order valence-corrected chi connectivity index (χ4v) is 4.61. The molecular weight excluding hydrogens is 316 g/mol. The standard InChI is InChI=1S/C17H25ClN2OS/c1-13-4-10-20(11-5-13)17(21)14-6-8-19(9-7-14)12-15-2-3-16(18)22-15/h2-3,13-14H,4-12H2,1H3. The van der Waals surface area contributed by atoms with Crippen LogP contribution in [0.4, 0.5) is 0 Å². The lowest BCUT2D eigenvalue weighted by atomic mass is 9.92. The first-order valence-corrected chi connectivity index (χ1v) is 9.56. The van der Waals surface area contributed by atoms with Gasteiger partial charge in [0, 0.05) is 30.4 Å². The maximum absolute atomic E-state index is 12.6. The van der Waals surface area contributed by atoms with Gasteiger partial charge in [0.2, 0.25) is 5.91 Å². The number of piperidine rings is 2. The number of carbonyl (C=O) groups is 1. The quantitative estimate of drug-likeness (QED) is 0.833. The van der Waals surface area contributed by atoms with Crippen molar-refractivity contribution < 1.29 is 4.79 Å². The molecule has 2 aliphatic rings. The van der Waals surface area contributed by atoms with Gasteiger partial charge in [-0.25, -0.2) is 0 Å². The van der Waals surface area contributed by atoms with E-state index in [2.05, 4.69) is 22.8 Å². The second-order valence-electron chi connectivity index (χ2n) is 6.76. The van der Waals surface area contributed by atoms with Gasteiger partial charge < -0.3 is 4.90 Å². The zero-order chi connectivity index (χ0) is 15.5. The molecule has 5 heteroatoms. The van der Waals surface area contributed by atoms with Crippen LogP contribution in [0.1, 0.15) is 37.5 Å². The number of carbonyl (C=O) groups excluding carboxylic acids is 1. The van der Waals surface area contributed by atoms with E-state index in [1.807, 2.05) is 6.07 Å². The summed E-state index contributed by atoms with van der Waals surface area (Å²) in [7, 11) is 0. The molecule has 0 aromatic carbocycles. The smallest absolute Gasteiger partial charge is 0.225 e.